The number of nitrogens with zero attached hydrogens (tertiary/aromatic N) is 1. The number of amides is 6. The topological polar surface area (TPSA) is 117 Å². The number of imide groups is 2. The zero-order valence-electron chi connectivity index (χ0n) is 15.8. The minimum absolute atomic E-state index is 0.155. The molecule has 0 radical (unpaired) electrons. The van der Waals surface area contributed by atoms with E-state index >= 15 is 0 Å². The van der Waals surface area contributed by atoms with Crippen LogP contribution in [0.2, 0.25) is 0 Å². The third-order valence-electron chi connectivity index (χ3n) is 4.26. The van der Waals surface area contributed by atoms with Crippen LogP contribution in [0, 0.1) is 0 Å². The molecule has 0 saturated carbocycles. The number of ether oxygens (including phenoxy) is 1. The maximum Gasteiger partial charge on any atom is 0.325 e. The largest absolute Gasteiger partial charge is 0.497 e. The maximum absolute atomic E-state index is 13.0. The minimum Gasteiger partial charge on any atom is -0.497 e. The highest BCUT2D eigenvalue weighted by Crippen LogP contribution is 2.33. The van der Waals surface area contributed by atoms with Gasteiger partial charge in [0.15, 0.2) is 0 Å². The van der Waals surface area contributed by atoms with Crippen LogP contribution in [-0.2, 0) is 15.1 Å². The van der Waals surface area contributed by atoms with E-state index < -0.39 is 36.0 Å². The van der Waals surface area contributed by atoms with Crippen molar-refractivity contribution in [3.05, 3.63) is 29.8 Å². The molecule has 1 saturated heterocycles. The number of urea groups is 2. The third kappa shape index (κ3) is 4.18. The lowest BCUT2D eigenvalue weighted by atomic mass is 9.87. The second-order valence-electron chi connectivity index (χ2n) is 6.49. The van der Waals surface area contributed by atoms with Gasteiger partial charge in [0, 0.05) is 6.04 Å². The normalized spacial score (nSPS) is 19.1. The second-order valence-corrected chi connectivity index (χ2v) is 6.49. The molecule has 146 valence electrons. The molecular weight excluding hydrogens is 352 g/mol. The Morgan fingerprint density at radius 2 is 1.85 bits per heavy atom. The molecule has 6 amide bonds. The average molecular weight is 376 g/mol. The summed E-state index contributed by atoms with van der Waals surface area (Å²) in [6, 6.07) is 5.25. The molecule has 27 heavy (non-hydrogen) atoms. The number of methoxy groups -OCH3 is 1. The highest BCUT2D eigenvalue weighted by atomic mass is 16.5. The van der Waals surface area contributed by atoms with E-state index in [1.165, 1.54) is 7.11 Å². The average Bonchev–Trinajstić information content (AvgIpc) is 2.86. The molecule has 9 nitrogen and oxygen atoms in total. The lowest BCUT2D eigenvalue weighted by Gasteiger charge is -2.25. The van der Waals surface area contributed by atoms with Crippen LogP contribution in [0.1, 0.15) is 32.8 Å². The van der Waals surface area contributed by atoms with Crippen LogP contribution in [0.4, 0.5) is 9.59 Å². The Labute approximate surface area is 157 Å². The Kier molecular flexibility index (Phi) is 6.04. The molecule has 0 spiro atoms. The molecule has 1 aliphatic heterocycles. The number of hydrogen-bond donors (Lipinski definition) is 3. The Morgan fingerprint density at radius 1 is 1.22 bits per heavy atom. The van der Waals surface area contributed by atoms with E-state index in [1.807, 2.05) is 0 Å². The first-order chi connectivity index (χ1) is 12.7. The first-order valence-electron chi connectivity index (χ1n) is 8.62. The Bertz CT molecular complexity index is 747. The van der Waals surface area contributed by atoms with Gasteiger partial charge in [-0.15, -0.1) is 0 Å². The smallest absolute Gasteiger partial charge is 0.325 e. The lowest BCUT2D eigenvalue weighted by Crippen LogP contribution is -2.48. The minimum atomic E-state index is -1.26. The summed E-state index contributed by atoms with van der Waals surface area (Å²) >= 11 is 0. The second kappa shape index (κ2) is 8.07. The molecule has 0 aliphatic carbocycles. The number of carbonyl (C=O) groups is 4. The zero-order valence-corrected chi connectivity index (χ0v) is 15.8. The molecule has 9 heteroatoms. The lowest BCUT2D eigenvalue weighted by molar-refractivity contribution is -0.135. The van der Waals surface area contributed by atoms with Crippen molar-refractivity contribution in [1.82, 2.24) is 20.9 Å². The Balaban J connectivity index is 2.16. The predicted octanol–water partition coefficient (Wildman–Crippen LogP) is 1.09. The summed E-state index contributed by atoms with van der Waals surface area (Å²) in [5, 5.41) is 7.28. The highest BCUT2D eigenvalue weighted by Gasteiger charge is 2.51. The molecule has 1 aromatic carbocycles. The maximum atomic E-state index is 13.0. The van der Waals surface area contributed by atoms with Crippen LogP contribution in [0.15, 0.2) is 24.3 Å². The Morgan fingerprint density at radius 3 is 2.37 bits per heavy atom. The van der Waals surface area contributed by atoms with Gasteiger partial charge in [0.1, 0.15) is 17.8 Å². The first-order valence-corrected chi connectivity index (χ1v) is 8.62. The van der Waals surface area contributed by atoms with Crippen molar-refractivity contribution in [2.24, 2.45) is 0 Å². The Hall–Kier alpha value is -3.10. The molecule has 1 fully saturated rings. The highest BCUT2D eigenvalue weighted by molar-refractivity contribution is 6.10. The van der Waals surface area contributed by atoms with Gasteiger partial charge in [-0.25, -0.2) is 9.59 Å². The van der Waals surface area contributed by atoms with E-state index in [4.69, 9.17) is 4.74 Å². The summed E-state index contributed by atoms with van der Waals surface area (Å²) < 4.78 is 5.11. The van der Waals surface area contributed by atoms with E-state index in [1.54, 1.807) is 45.0 Å². The van der Waals surface area contributed by atoms with Gasteiger partial charge in [-0.3, -0.25) is 19.8 Å². The van der Waals surface area contributed by atoms with Gasteiger partial charge in [0.2, 0.25) is 5.91 Å². The molecule has 1 aliphatic rings. The van der Waals surface area contributed by atoms with Gasteiger partial charge in [0.25, 0.3) is 5.91 Å². The summed E-state index contributed by atoms with van der Waals surface area (Å²) in [5.74, 6) is -0.674. The summed E-state index contributed by atoms with van der Waals surface area (Å²) in [6.07, 6.45) is 0.301. The van der Waals surface area contributed by atoms with Crippen LogP contribution in [0.3, 0.4) is 0 Å². The van der Waals surface area contributed by atoms with Gasteiger partial charge >= 0.3 is 12.1 Å². The van der Waals surface area contributed by atoms with Crippen LogP contribution in [-0.4, -0.2) is 48.5 Å². The molecule has 0 unspecified atom stereocenters. The van der Waals surface area contributed by atoms with E-state index in [0.29, 0.717) is 17.7 Å². The first kappa shape index (κ1) is 20.2. The van der Waals surface area contributed by atoms with Crippen LogP contribution in [0.25, 0.3) is 0 Å². The van der Waals surface area contributed by atoms with Crippen molar-refractivity contribution in [2.45, 2.75) is 38.8 Å². The van der Waals surface area contributed by atoms with Crippen molar-refractivity contribution in [3.63, 3.8) is 0 Å². The molecule has 2 rings (SSSR count). The fraction of sp³-hybridized carbons (Fsp3) is 0.444. The van der Waals surface area contributed by atoms with Gasteiger partial charge in [-0.1, -0.05) is 19.1 Å². The van der Waals surface area contributed by atoms with Gasteiger partial charge in [0.05, 0.1) is 7.11 Å². The summed E-state index contributed by atoms with van der Waals surface area (Å²) in [4.78, 5) is 49.8. The molecule has 1 aromatic rings. The van der Waals surface area contributed by atoms with Crippen molar-refractivity contribution < 1.29 is 23.9 Å². The number of hydrogen-bond acceptors (Lipinski definition) is 5. The molecule has 1 atom stereocenters. The van der Waals surface area contributed by atoms with Gasteiger partial charge < -0.3 is 15.4 Å². The molecule has 0 bridgehead atoms. The quantitative estimate of drug-likeness (QED) is 0.643. The molecular formula is C18H24N4O5. The number of nitrogens with one attached hydrogen (secondary N) is 3. The van der Waals surface area contributed by atoms with E-state index in [-0.39, 0.29) is 6.04 Å². The fourth-order valence-electron chi connectivity index (χ4n) is 2.89. The number of carbonyl (C=O) groups excluding carboxylic acids is 4. The molecule has 3 N–H and O–H groups in total. The van der Waals surface area contributed by atoms with E-state index in [9.17, 15) is 19.2 Å². The summed E-state index contributed by atoms with van der Waals surface area (Å²) in [7, 11) is 1.53. The number of rotatable bonds is 6. The number of benzene rings is 1. The molecule has 0 aromatic heterocycles. The van der Waals surface area contributed by atoms with E-state index in [0.717, 1.165) is 4.90 Å². The standard InChI is InChI=1S/C18H24N4O5/c1-5-18(12-6-8-13(27-4)9-7-12)15(24)22(17(26)21-18)10-14(23)20-16(25)19-11(2)3/h6-9,11H,5,10H2,1-4H3,(H,21,26)(H2,19,20,23,25)/t18-/m1/s1. The zero-order chi connectivity index (χ0) is 20.2. The van der Waals surface area contributed by atoms with Crippen molar-refractivity contribution in [2.75, 3.05) is 13.7 Å². The van der Waals surface area contributed by atoms with Gasteiger partial charge in [-0.05, 0) is 38.0 Å². The van der Waals surface area contributed by atoms with Crippen molar-refractivity contribution in [3.8, 4) is 5.75 Å². The summed E-state index contributed by atoms with van der Waals surface area (Å²) in [5.41, 5.74) is -0.672. The monoisotopic (exact) mass is 376 g/mol. The SMILES string of the molecule is CC[C@]1(c2ccc(OC)cc2)NC(=O)N(CC(=O)NC(=O)NC(C)C)C1=O. The van der Waals surface area contributed by atoms with Crippen LogP contribution in [0.5, 0.6) is 5.75 Å². The van der Waals surface area contributed by atoms with Crippen molar-refractivity contribution in [1.29, 1.82) is 0 Å². The van der Waals surface area contributed by atoms with E-state index in [2.05, 4.69) is 16.0 Å². The third-order valence-corrected chi connectivity index (χ3v) is 4.26. The fourth-order valence-corrected chi connectivity index (χ4v) is 2.89. The van der Waals surface area contributed by atoms with Gasteiger partial charge in [-0.2, -0.15) is 0 Å². The van der Waals surface area contributed by atoms with Crippen LogP contribution < -0.4 is 20.7 Å². The predicted molar refractivity (Wildman–Crippen MR) is 97.0 cm³/mol. The van der Waals surface area contributed by atoms with Crippen molar-refractivity contribution >= 4 is 23.9 Å². The van der Waals surface area contributed by atoms with Crippen LogP contribution >= 0.6 is 0 Å². The summed E-state index contributed by atoms with van der Waals surface area (Å²) in [6.45, 7) is 4.70. The molecule has 1 heterocycles.